The number of hydrogen-bond acceptors (Lipinski definition) is 9. The first kappa shape index (κ1) is 54.0. The number of aliphatic carboxylic acids is 1. The number of nitrogens with two attached hydrogens (primary N) is 1. The predicted octanol–water partition coefficient (Wildman–Crippen LogP) is 11.8. The molecule has 0 aliphatic heterocycles. The molecule has 0 aromatic heterocycles. The first-order chi connectivity index (χ1) is 27.1. The van der Waals surface area contributed by atoms with E-state index in [1.807, 2.05) is 0 Å². The summed E-state index contributed by atoms with van der Waals surface area (Å²) in [5.74, 6) is -2.38. The fourth-order valence-electron chi connectivity index (χ4n) is 6.11. The lowest BCUT2D eigenvalue weighted by Gasteiger charge is -2.20. The average Bonchev–Trinajstić information content (AvgIpc) is 3.17. The van der Waals surface area contributed by atoms with Gasteiger partial charge in [-0.05, 0) is 64.2 Å². The van der Waals surface area contributed by atoms with Crippen molar-refractivity contribution in [2.24, 2.45) is 5.73 Å². The van der Waals surface area contributed by atoms with Crippen molar-refractivity contribution < 1.29 is 47.5 Å². The Morgan fingerprint density at radius 3 is 1.32 bits per heavy atom. The molecule has 1 unspecified atom stereocenters. The SMILES string of the molecule is CCCCCC/C=C/CCCCCCCCCCCC(=O)OC[C@H](COP(=O)(O)OC[C@H](N)C(=O)O)OC(=O)CCCCCCC/C=C/CCCCCCCC. The Kier molecular flexibility index (Phi) is 38.3. The molecule has 0 aromatic rings. The van der Waals surface area contributed by atoms with Crippen LogP contribution in [0.4, 0.5) is 0 Å². The molecule has 0 amide bonds. The van der Waals surface area contributed by atoms with Gasteiger partial charge in [-0.2, -0.15) is 0 Å². The minimum Gasteiger partial charge on any atom is -0.480 e. The number of carboxylic acid groups (broad SMARTS) is 1. The lowest BCUT2D eigenvalue weighted by Crippen LogP contribution is -2.34. The van der Waals surface area contributed by atoms with Crippen LogP contribution >= 0.6 is 7.82 Å². The van der Waals surface area contributed by atoms with Crippen LogP contribution in [0.25, 0.3) is 0 Å². The predicted molar refractivity (Wildman–Crippen MR) is 226 cm³/mol. The Morgan fingerprint density at radius 1 is 0.536 bits per heavy atom. The van der Waals surface area contributed by atoms with Crippen molar-refractivity contribution in [2.75, 3.05) is 19.8 Å². The topological polar surface area (TPSA) is 172 Å². The van der Waals surface area contributed by atoms with Gasteiger partial charge < -0.3 is 25.2 Å². The second-order valence-corrected chi connectivity index (χ2v) is 16.6. The standard InChI is InChI=1S/C44H82NO10P/c1-3-5-7-9-11-13-15-17-19-20-22-23-25-27-29-31-33-35-42(46)52-37-40(38-53-56(50,51)54-39-41(45)44(48)49)55-43(47)36-34-32-30-28-26-24-21-18-16-14-12-10-8-6-4-2/h13,15,18,21,40-41H,3-12,14,16-17,19-20,22-39,45H2,1-2H3,(H,48,49)(H,50,51)/b15-13+,21-18+/t40-,41+/m1/s1. The molecule has 0 aliphatic carbocycles. The zero-order valence-electron chi connectivity index (χ0n) is 35.5. The highest BCUT2D eigenvalue weighted by atomic mass is 31.2. The summed E-state index contributed by atoms with van der Waals surface area (Å²) < 4.78 is 32.7. The van der Waals surface area contributed by atoms with Crippen molar-refractivity contribution in [2.45, 2.75) is 219 Å². The third kappa shape index (κ3) is 38.8. The molecule has 0 rings (SSSR count). The number of carbonyl (C=O) groups is 3. The van der Waals surface area contributed by atoms with Gasteiger partial charge in [-0.3, -0.25) is 23.4 Å². The second-order valence-electron chi connectivity index (χ2n) is 15.2. The van der Waals surface area contributed by atoms with E-state index in [9.17, 15) is 23.8 Å². The summed E-state index contributed by atoms with van der Waals surface area (Å²) >= 11 is 0. The highest BCUT2D eigenvalue weighted by molar-refractivity contribution is 7.47. The number of phosphoric acid groups is 1. The van der Waals surface area contributed by atoms with Crippen molar-refractivity contribution in [3.63, 3.8) is 0 Å². The molecule has 0 radical (unpaired) electrons. The molecule has 0 aromatic carbocycles. The number of rotatable bonds is 42. The molecule has 0 heterocycles. The van der Waals surface area contributed by atoms with Gasteiger partial charge in [0.15, 0.2) is 6.10 Å². The zero-order chi connectivity index (χ0) is 41.4. The monoisotopic (exact) mass is 816 g/mol. The Labute approximate surface area is 340 Å². The van der Waals surface area contributed by atoms with Crippen LogP contribution in [0.3, 0.4) is 0 Å². The van der Waals surface area contributed by atoms with E-state index >= 15 is 0 Å². The van der Waals surface area contributed by atoms with Gasteiger partial charge in [-0.15, -0.1) is 0 Å². The summed E-state index contributed by atoms with van der Waals surface area (Å²) in [6.07, 6.45) is 40.9. The molecule has 0 spiro atoms. The number of hydrogen-bond donors (Lipinski definition) is 3. The molecule has 0 fully saturated rings. The van der Waals surface area contributed by atoms with E-state index in [1.165, 1.54) is 109 Å². The quantitative estimate of drug-likeness (QED) is 0.0232. The lowest BCUT2D eigenvalue weighted by molar-refractivity contribution is -0.161. The lowest BCUT2D eigenvalue weighted by atomic mass is 10.1. The van der Waals surface area contributed by atoms with Crippen LogP contribution < -0.4 is 5.73 Å². The maximum Gasteiger partial charge on any atom is 0.472 e. The van der Waals surface area contributed by atoms with E-state index in [4.69, 9.17) is 24.8 Å². The highest BCUT2D eigenvalue weighted by Gasteiger charge is 2.28. The van der Waals surface area contributed by atoms with Gasteiger partial charge in [0.2, 0.25) is 0 Å². The molecule has 0 saturated heterocycles. The van der Waals surface area contributed by atoms with E-state index in [2.05, 4.69) is 42.7 Å². The first-order valence-electron chi connectivity index (χ1n) is 22.4. The summed E-state index contributed by atoms with van der Waals surface area (Å²) in [7, 11) is -4.72. The zero-order valence-corrected chi connectivity index (χ0v) is 36.4. The maximum atomic E-state index is 12.6. The number of unbranched alkanes of at least 4 members (excludes halogenated alkanes) is 24. The van der Waals surface area contributed by atoms with E-state index in [1.54, 1.807) is 0 Å². The van der Waals surface area contributed by atoms with Gasteiger partial charge in [0.05, 0.1) is 13.2 Å². The van der Waals surface area contributed by atoms with Crippen molar-refractivity contribution in [3.8, 4) is 0 Å². The molecule has 0 saturated carbocycles. The number of ether oxygens (including phenoxy) is 2. The van der Waals surface area contributed by atoms with Gasteiger partial charge in [-0.1, -0.05) is 154 Å². The minimum atomic E-state index is -4.72. The number of carbonyl (C=O) groups excluding carboxylic acids is 2. The van der Waals surface area contributed by atoms with Gasteiger partial charge >= 0.3 is 25.7 Å². The van der Waals surface area contributed by atoms with Gasteiger partial charge in [0.1, 0.15) is 12.6 Å². The molecular weight excluding hydrogens is 733 g/mol. The van der Waals surface area contributed by atoms with Gasteiger partial charge in [0, 0.05) is 12.8 Å². The maximum absolute atomic E-state index is 12.6. The number of carboxylic acids is 1. The van der Waals surface area contributed by atoms with Crippen molar-refractivity contribution in [1.29, 1.82) is 0 Å². The number of phosphoric ester groups is 1. The summed E-state index contributed by atoms with van der Waals surface area (Å²) in [5, 5.41) is 8.89. The fourth-order valence-corrected chi connectivity index (χ4v) is 6.89. The molecule has 56 heavy (non-hydrogen) atoms. The highest BCUT2D eigenvalue weighted by Crippen LogP contribution is 2.43. The van der Waals surface area contributed by atoms with Crippen LogP contribution in [-0.2, 0) is 37.5 Å². The van der Waals surface area contributed by atoms with Crippen LogP contribution in [0.2, 0.25) is 0 Å². The van der Waals surface area contributed by atoms with Crippen LogP contribution in [-0.4, -0.2) is 59.9 Å². The Morgan fingerprint density at radius 2 is 0.893 bits per heavy atom. The van der Waals surface area contributed by atoms with Crippen molar-refractivity contribution in [1.82, 2.24) is 0 Å². The Balaban J connectivity index is 4.34. The first-order valence-corrected chi connectivity index (χ1v) is 23.9. The molecule has 3 atom stereocenters. The van der Waals surface area contributed by atoms with E-state index in [-0.39, 0.29) is 19.4 Å². The van der Waals surface area contributed by atoms with E-state index < -0.39 is 51.1 Å². The van der Waals surface area contributed by atoms with Gasteiger partial charge in [-0.25, -0.2) is 4.57 Å². The van der Waals surface area contributed by atoms with Crippen molar-refractivity contribution >= 4 is 25.7 Å². The molecule has 0 aliphatic rings. The van der Waals surface area contributed by atoms with E-state index in [0.29, 0.717) is 12.8 Å². The van der Waals surface area contributed by atoms with Crippen molar-refractivity contribution in [3.05, 3.63) is 24.3 Å². The minimum absolute atomic E-state index is 0.153. The van der Waals surface area contributed by atoms with E-state index in [0.717, 1.165) is 57.8 Å². The largest absolute Gasteiger partial charge is 0.480 e. The summed E-state index contributed by atoms with van der Waals surface area (Å²) in [5.41, 5.74) is 5.33. The normalized spacial score (nSPS) is 13.9. The number of allylic oxidation sites excluding steroid dienone is 4. The summed E-state index contributed by atoms with van der Waals surface area (Å²) in [6.45, 7) is 2.79. The number of esters is 2. The molecule has 12 heteroatoms. The molecule has 328 valence electrons. The molecule has 11 nitrogen and oxygen atoms in total. The van der Waals surface area contributed by atoms with Crippen LogP contribution in [0.5, 0.6) is 0 Å². The fraction of sp³-hybridized carbons (Fsp3) is 0.841. The smallest absolute Gasteiger partial charge is 0.472 e. The second kappa shape index (κ2) is 39.8. The molecule has 4 N–H and O–H groups in total. The Bertz CT molecular complexity index is 1050. The van der Waals surface area contributed by atoms with Crippen LogP contribution in [0.15, 0.2) is 24.3 Å². The third-order valence-electron chi connectivity index (χ3n) is 9.67. The third-order valence-corrected chi connectivity index (χ3v) is 10.6. The Hall–Kier alpha value is -2.04. The molecule has 0 bridgehead atoms. The average molecular weight is 816 g/mol. The van der Waals surface area contributed by atoms with Crippen LogP contribution in [0.1, 0.15) is 206 Å². The summed E-state index contributed by atoms with van der Waals surface area (Å²) in [4.78, 5) is 46.0. The van der Waals surface area contributed by atoms with Crippen LogP contribution in [0, 0.1) is 0 Å². The van der Waals surface area contributed by atoms with Gasteiger partial charge in [0.25, 0.3) is 0 Å². The summed E-state index contributed by atoms with van der Waals surface area (Å²) in [6, 6.07) is -1.52. The molecular formula is C44H82NO10P.